The number of aromatic nitrogens is 2. The summed E-state index contributed by atoms with van der Waals surface area (Å²) >= 11 is 0. The summed E-state index contributed by atoms with van der Waals surface area (Å²) in [6, 6.07) is -0.613. The Bertz CT molecular complexity index is 953. The van der Waals surface area contributed by atoms with Gasteiger partial charge >= 0.3 is 0 Å². The Morgan fingerprint density at radius 3 is 1.86 bits per heavy atom. The molecule has 0 aromatic carbocycles. The van der Waals surface area contributed by atoms with Crippen LogP contribution in [0.1, 0.15) is 64.5 Å². The predicted octanol–water partition coefficient (Wildman–Crippen LogP) is 5.23. The molecule has 1 rings (SSSR count). The summed E-state index contributed by atoms with van der Waals surface area (Å²) in [5.41, 5.74) is 0.773. The predicted molar refractivity (Wildman–Crippen MR) is 151 cm³/mol. The number of imidazole rings is 1. The van der Waals surface area contributed by atoms with E-state index in [0.717, 1.165) is 37.8 Å². The van der Waals surface area contributed by atoms with Crippen LogP contribution in [0.5, 0.6) is 0 Å². The topological polar surface area (TPSA) is 104 Å². The number of hydrogen-bond acceptors (Lipinski definition) is 4. The molecule has 0 spiro atoms. The zero-order chi connectivity index (χ0) is 27.0. The maximum atomic E-state index is 12.1. The van der Waals surface area contributed by atoms with E-state index in [4.69, 9.17) is 0 Å². The third kappa shape index (κ3) is 18.2. The number of hydrogen-bond donors (Lipinski definition) is 3. The molecule has 0 aliphatic carbocycles. The summed E-state index contributed by atoms with van der Waals surface area (Å²) in [6.07, 6.45) is 33.6. The average molecular weight is 507 g/mol. The van der Waals surface area contributed by atoms with Crippen LogP contribution in [0.2, 0.25) is 0 Å². The highest BCUT2D eigenvalue weighted by molar-refractivity contribution is 5.88. The molecule has 7 nitrogen and oxygen atoms in total. The summed E-state index contributed by atoms with van der Waals surface area (Å²) < 4.78 is 0. The van der Waals surface area contributed by atoms with Gasteiger partial charge in [0.05, 0.1) is 12.4 Å². The normalized spacial score (nSPS) is 13.1. The Morgan fingerprint density at radius 2 is 1.38 bits per heavy atom. The number of nitrogens with zero attached hydrogens (tertiary/aromatic N) is 1. The van der Waals surface area contributed by atoms with Gasteiger partial charge in [0.1, 0.15) is 0 Å². The van der Waals surface area contributed by atoms with Gasteiger partial charge in [0.15, 0.2) is 5.78 Å². The minimum atomic E-state index is -0.613. The van der Waals surface area contributed by atoms with Crippen molar-refractivity contribution in [1.82, 2.24) is 20.6 Å². The fourth-order valence-electron chi connectivity index (χ4n) is 3.15. The van der Waals surface area contributed by atoms with Crippen LogP contribution in [0.3, 0.4) is 0 Å². The van der Waals surface area contributed by atoms with E-state index in [1.165, 1.54) is 13.3 Å². The molecule has 0 fully saturated rings. The molecule has 1 atom stereocenters. The van der Waals surface area contributed by atoms with E-state index in [9.17, 15) is 14.4 Å². The first-order valence-electron chi connectivity index (χ1n) is 12.9. The van der Waals surface area contributed by atoms with Crippen LogP contribution in [0, 0.1) is 0 Å². The molecular weight excluding hydrogens is 464 g/mol. The highest BCUT2D eigenvalue weighted by atomic mass is 16.2. The molecule has 1 aromatic heterocycles. The number of H-pyrrole nitrogens is 1. The lowest BCUT2D eigenvalue weighted by Crippen LogP contribution is -2.42. The molecule has 0 aliphatic rings. The van der Waals surface area contributed by atoms with Gasteiger partial charge in [-0.05, 0) is 46.0 Å². The lowest BCUT2D eigenvalue weighted by molar-refractivity contribution is -0.127. The number of rotatable bonds is 19. The lowest BCUT2D eigenvalue weighted by Gasteiger charge is -2.15. The third-order valence-corrected chi connectivity index (χ3v) is 5.21. The van der Waals surface area contributed by atoms with Crippen LogP contribution < -0.4 is 10.6 Å². The van der Waals surface area contributed by atoms with Crippen LogP contribution in [0.25, 0.3) is 0 Å². The Kier molecular flexibility index (Phi) is 18.2. The number of nitrogens with one attached hydrogen (secondary N) is 3. The molecule has 0 bridgehead atoms. The largest absolute Gasteiger partial charge is 0.355 e. The molecule has 37 heavy (non-hydrogen) atoms. The van der Waals surface area contributed by atoms with Crippen molar-refractivity contribution >= 4 is 17.6 Å². The van der Waals surface area contributed by atoms with Crippen LogP contribution in [0.15, 0.2) is 85.4 Å². The van der Waals surface area contributed by atoms with Crippen LogP contribution in [-0.2, 0) is 20.8 Å². The molecule has 0 saturated heterocycles. The van der Waals surface area contributed by atoms with Crippen molar-refractivity contribution in [3.63, 3.8) is 0 Å². The van der Waals surface area contributed by atoms with Gasteiger partial charge in [-0.2, -0.15) is 0 Å². The van der Waals surface area contributed by atoms with E-state index in [0.29, 0.717) is 6.42 Å². The van der Waals surface area contributed by atoms with Gasteiger partial charge in [0, 0.05) is 37.7 Å². The molecule has 0 unspecified atom stereocenters. The van der Waals surface area contributed by atoms with Gasteiger partial charge in [-0.3, -0.25) is 14.4 Å². The number of allylic oxidation sites excluding steroid dienone is 11. The molecule has 0 saturated carbocycles. The van der Waals surface area contributed by atoms with Crippen molar-refractivity contribution in [2.75, 3.05) is 6.54 Å². The first-order chi connectivity index (χ1) is 18.0. The van der Waals surface area contributed by atoms with E-state index >= 15 is 0 Å². The highest BCUT2D eigenvalue weighted by Gasteiger charge is 2.18. The van der Waals surface area contributed by atoms with Gasteiger partial charge in [0.2, 0.25) is 11.8 Å². The van der Waals surface area contributed by atoms with Crippen molar-refractivity contribution in [2.45, 2.75) is 71.3 Å². The maximum absolute atomic E-state index is 12.1. The summed E-state index contributed by atoms with van der Waals surface area (Å²) in [5.74, 6) is -0.550. The number of Topliss-reactive ketones (excluding diaryl/α,β-unsaturated/α-hetero) is 1. The Morgan fingerprint density at radius 1 is 0.838 bits per heavy atom. The molecular formula is C30H42N4O3. The first kappa shape index (κ1) is 31.3. The minimum Gasteiger partial charge on any atom is -0.355 e. The van der Waals surface area contributed by atoms with Crippen molar-refractivity contribution in [1.29, 1.82) is 0 Å². The lowest BCUT2D eigenvalue weighted by atomic mass is 10.1. The highest BCUT2D eigenvalue weighted by Crippen LogP contribution is 2.00. The van der Waals surface area contributed by atoms with Crippen LogP contribution >= 0.6 is 0 Å². The van der Waals surface area contributed by atoms with E-state index in [1.807, 2.05) is 19.1 Å². The minimum absolute atomic E-state index is 0.113. The maximum Gasteiger partial charge on any atom is 0.223 e. The van der Waals surface area contributed by atoms with E-state index < -0.39 is 6.04 Å². The zero-order valence-electron chi connectivity index (χ0n) is 22.2. The standard InChI is InChI=1S/C30H42N4O3/c1-3-4-5-6-7-8-9-10-11-12-13-14-15-16-17-18-19-20-29(36)32-22-21-30(37)34-28(26(2)35)23-27-24-31-25-33-27/h3-4,6-7,9-10,12-13,15-16,18-19,24-25,28H,5,8,11,14,17,20-23H2,1-2H3,(H,31,33)(H,32,36)(H,34,37)/b4-3-,7-6-,10-9-,13-12-,16-15-,19-18-/t28-/m0/s1. The van der Waals surface area contributed by atoms with Gasteiger partial charge in [-0.25, -0.2) is 4.98 Å². The molecule has 2 amide bonds. The number of carbonyl (C=O) groups is 3. The van der Waals surface area contributed by atoms with Gasteiger partial charge < -0.3 is 15.6 Å². The second-order valence-corrected chi connectivity index (χ2v) is 8.42. The van der Waals surface area contributed by atoms with Crippen molar-refractivity contribution in [2.24, 2.45) is 0 Å². The smallest absolute Gasteiger partial charge is 0.223 e. The SMILES string of the molecule is C/C=C\C/C=C\C/C=C\C/C=C\C/C=C\C/C=C\CC(=O)NCCC(=O)N[C@@H](Cc1cnc[nH]1)C(C)=O. The fraction of sp³-hybridized carbons (Fsp3) is 0.400. The van der Waals surface area contributed by atoms with Crippen molar-refractivity contribution in [3.05, 3.63) is 91.1 Å². The average Bonchev–Trinajstić information content (AvgIpc) is 3.38. The van der Waals surface area contributed by atoms with Crippen LogP contribution in [-0.4, -0.2) is 40.2 Å². The van der Waals surface area contributed by atoms with Gasteiger partial charge in [-0.1, -0.05) is 72.9 Å². The third-order valence-electron chi connectivity index (χ3n) is 5.21. The van der Waals surface area contributed by atoms with Crippen molar-refractivity contribution in [3.8, 4) is 0 Å². The van der Waals surface area contributed by atoms with E-state index in [1.54, 1.807) is 6.20 Å². The second kappa shape index (κ2) is 21.5. The summed E-state index contributed by atoms with van der Waals surface area (Å²) in [4.78, 5) is 42.7. The van der Waals surface area contributed by atoms with Crippen molar-refractivity contribution < 1.29 is 14.4 Å². The number of ketones is 1. The number of amides is 2. The number of aromatic amines is 1. The summed E-state index contributed by atoms with van der Waals surface area (Å²) in [7, 11) is 0. The summed E-state index contributed by atoms with van der Waals surface area (Å²) in [6.45, 7) is 3.69. The second-order valence-electron chi connectivity index (χ2n) is 8.42. The fourth-order valence-corrected chi connectivity index (χ4v) is 3.15. The monoisotopic (exact) mass is 506 g/mol. The molecule has 1 aromatic rings. The molecule has 7 heteroatoms. The Balaban J connectivity index is 2.08. The van der Waals surface area contributed by atoms with Gasteiger partial charge in [0.25, 0.3) is 0 Å². The zero-order valence-corrected chi connectivity index (χ0v) is 22.2. The quantitative estimate of drug-likeness (QED) is 0.224. The van der Waals surface area contributed by atoms with Crippen LogP contribution in [0.4, 0.5) is 0 Å². The Hall–Kier alpha value is -3.74. The van der Waals surface area contributed by atoms with E-state index in [2.05, 4.69) is 81.4 Å². The Labute approximate surface area is 221 Å². The molecule has 200 valence electrons. The number of carbonyl (C=O) groups excluding carboxylic acids is 3. The first-order valence-corrected chi connectivity index (χ1v) is 12.9. The molecule has 0 aliphatic heterocycles. The molecule has 3 N–H and O–H groups in total. The van der Waals surface area contributed by atoms with E-state index in [-0.39, 0.29) is 37.0 Å². The molecule has 0 radical (unpaired) electrons. The molecule has 1 heterocycles. The summed E-state index contributed by atoms with van der Waals surface area (Å²) in [5, 5.41) is 5.44. The van der Waals surface area contributed by atoms with Gasteiger partial charge in [-0.15, -0.1) is 0 Å².